The normalized spacial score (nSPS) is 14.1. The quantitative estimate of drug-likeness (QED) is 0.446. The van der Waals surface area contributed by atoms with E-state index in [-0.39, 0.29) is 17.9 Å². The highest BCUT2D eigenvalue weighted by atomic mass is 32.1. The predicted molar refractivity (Wildman–Crippen MR) is 121 cm³/mol. The van der Waals surface area contributed by atoms with Crippen molar-refractivity contribution in [3.8, 4) is 11.3 Å². The van der Waals surface area contributed by atoms with Gasteiger partial charge in [-0.1, -0.05) is 31.0 Å². The summed E-state index contributed by atoms with van der Waals surface area (Å²) in [5, 5.41) is 12.2. The maximum atomic E-state index is 12.8. The molecule has 0 unspecified atom stereocenters. The first-order chi connectivity index (χ1) is 15.2. The molecule has 0 atom stereocenters. The van der Waals surface area contributed by atoms with Gasteiger partial charge in [-0.15, -0.1) is 11.3 Å². The number of urea groups is 1. The second-order valence-corrected chi connectivity index (χ2v) is 8.54. The summed E-state index contributed by atoms with van der Waals surface area (Å²) in [5.74, 6) is -0.0892. The lowest BCUT2D eigenvalue weighted by Gasteiger charge is -2.13. The second kappa shape index (κ2) is 8.31. The lowest BCUT2D eigenvalue weighted by atomic mass is 10.1. The van der Waals surface area contributed by atoms with Crippen LogP contribution < -0.4 is 10.6 Å². The third kappa shape index (κ3) is 3.94. The van der Waals surface area contributed by atoms with Crippen molar-refractivity contribution in [1.82, 2.24) is 19.9 Å². The fraction of sp³-hybridized carbons (Fsp3) is 0.217. The Hall–Kier alpha value is -3.52. The number of nitrogens with one attached hydrogen (secondary N) is 2. The Morgan fingerprint density at radius 3 is 2.77 bits per heavy atom. The number of anilines is 1. The fourth-order valence-corrected chi connectivity index (χ4v) is 4.67. The molecule has 0 radical (unpaired) electrons. The van der Waals surface area contributed by atoms with E-state index in [4.69, 9.17) is 0 Å². The van der Waals surface area contributed by atoms with Gasteiger partial charge in [-0.3, -0.25) is 4.79 Å². The number of rotatable bonds is 5. The van der Waals surface area contributed by atoms with Gasteiger partial charge >= 0.3 is 6.03 Å². The average molecular weight is 432 g/mol. The number of carbonyl (C=O) groups excluding carboxylic acids is 2. The summed E-state index contributed by atoms with van der Waals surface area (Å²) in [5.41, 5.74) is 3.32. The number of hydrogen-bond donors (Lipinski definition) is 2. The number of benzene rings is 1. The molecule has 4 aromatic rings. The summed E-state index contributed by atoms with van der Waals surface area (Å²) in [6, 6.07) is 13.1. The Kier molecular flexibility index (Phi) is 5.21. The highest BCUT2D eigenvalue weighted by molar-refractivity contribution is 7.12. The van der Waals surface area contributed by atoms with Gasteiger partial charge in [-0.2, -0.15) is 5.10 Å². The zero-order valence-electron chi connectivity index (χ0n) is 16.7. The van der Waals surface area contributed by atoms with Crippen molar-refractivity contribution < 1.29 is 9.59 Å². The molecule has 3 heterocycles. The Labute approximate surface area is 183 Å². The van der Waals surface area contributed by atoms with Crippen molar-refractivity contribution in [1.29, 1.82) is 0 Å². The van der Waals surface area contributed by atoms with Crippen LogP contribution in [-0.4, -0.2) is 32.5 Å². The van der Waals surface area contributed by atoms with E-state index in [2.05, 4.69) is 20.7 Å². The zero-order valence-corrected chi connectivity index (χ0v) is 17.6. The summed E-state index contributed by atoms with van der Waals surface area (Å²) < 4.78 is 1.67. The molecule has 7 nitrogen and oxygen atoms in total. The number of nitrogens with zero attached hydrogens (tertiary/aromatic N) is 3. The van der Waals surface area contributed by atoms with Crippen molar-refractivity contribution in [3.63, 3.8) is 0 Å². The molecule has 0 aliphatic heterocycles. The SMILES string of the molecule is O=C(Nc1cccc(-c2ccnc3c(C(=O)c4cccs4)cnn23)c1)NC1CCCC1. The standard InChI is InChI=1S/C23H21N5O2S/c29-21(20-9-4-12-31-20)18-14-25-28-19(10-11-24-22(18)28)15-5-3-8-17(13-15)27-23(30)26-16-6-1-2-7-16/h3-5,8-14,16H,1-2,6-7H2,(H2,26,27,30). The molecule has 0 bridgehead atoms. The number of carbonyl (C=O) groups is 2. The summed E-state index contributed by atoms with van der Waals surface area (Å²) in [6.45, 7) is 0. The maximum Gasteiger partial charge on any atom is 0.319 e. The van der Waals surface area contributed by atoms with Crippen LogP contribution in [0.4, 0.5) is 10.5 Å². The van der Waals surface area contributed by atoms with Crippen LogP contribution >= 0.6 is 11.3 Å². The molecule has 5 rings (SSSR count). The Balaban J connectivity index is 1.42. The monoisotopic (exact) mass is 431 g/mol. The first-order valence-corrected chi connectivity index (χ1v) is 11.2. The summed E-state index contributed by atoms with van der Waals surface area (Å²) in [4.78, 5) is 30.2. The molecule has 1 saturated carbocycles. The number of hydrogen-bond acceptors (Lipinski definition) is 5. The van der Waals surface area contributed by atoms with E-state index in [0.717, 1.165) is 24.1 Å². The number of fused-ring (bicyclic) bond motifs is 1. The molecule has 3 aromatic heterocycles. The van der Waals surface area contributed by atoms with E-state index in [0.29, 0.717) is 21.8 Å². The Bertz CT molecular complexity index is 1240. The van der Waals surface area contributed by atoms with Gasteiger partial charge in [0.05, 0.1) is 22.3 Å². The van der Waals surface area contributed by atoms with Crippen LogP contribution in [0.3, 0.4) is 0 Å². The molecule has 1 aromatic carbocycles. The fourth-order valence-electron chi connectivity index (χ4n) is 3.99. The predicted octanol–water partition coefficient (Wildman–Crippen LogP) is 4.75. The van der Waals surface area contributed by atoms with Crippen LogP contribution in [0.2, 0.25) is 0 Å². The molecule has 2 N–H and O–H groups in total. The number of thiophene rings is 1. The smallest absolute Gasteiger partial charge is 0.319 e. The lowest BCUT2D eigenvalue weighted by Crippen LogP contribution is -2.36. The Morgan fingerprint density at radius 1 is 1.10 bits per heavy atom. The molecule has 156 valence electrons. The molecular weight excluding hydrogens is 410 g/mol. The van der Waals surface area contributed by atoms with Crippen LogP contribution in [0.25, 0.3) is 16.9 Å². The summed E-state index contributed by atoms with van der Waals surface area (Å²) >= 11 is 1.40. The van der Waals surface area contributed by atoms with E-state index in [1.807, 2.05) is 41.8 Å². The van der Waals surface area contributed by atoms with Crippen molar-refractivity contribution in [2.75, 3.05) is 5.32 Å². The van der Waals surface area contributed by atoms with Gasteiger partial charge in [0.25, 0.3) is 0 Å². The van der Waals surface area contributed by atoms with Gasteiger partial charge in [-0.05, 0) is 42.5 Å². The van der Waals surface area contributed by atoms with Gasteiger partial charge in [0, 0.05) is 23.5 Å². The average Bonchev–Trinajstić information content (AvgIpc) is 3.54. The van der Waals surface area contributed by atoms with Crippen molar-refractivity contribution in [2.45, 2.75) is 31.7 Å². The van der Waals surface area contributed by atoms with E-state index >= 15 is 0 Å². The molecule has 0 spiro atoms. The third-order valence-electron chi connectivity index (χ3n) is 5.50. The molecule has 8 heteroatoms. The van der Waals surface area contributed by atoms with Gasteiger partial charge in [-0.25, -0.2) is 14.3 Å². The lowest BCUT2D eigenvalue weighted by molar-refractivity contribution is 0.104. The van der Waals surface area contributed by atoms with Gasteiger partial charge < -0.3 is 10.6 Å². The Morgan fingerprint density at radius 2 is 1.97 bits per heavy atom. The minimum atomic E-state index is -0.188. The van der Waals surface area contributed by atoms with Crippen LogP contribution in [0.5, 0.6) is 0 Å². The van der Waals surface area contributed by atoms with Gasteiger partial charge in [0.1, 0.15) is 0 Å². The maximum absolute atomic E-state index is 12.8. The minimum absolute atomic E-state index is 0.0892. The van der Waals surface area contributed by atoms with Crippen LogP contribution in [-0.2, 0) is 0 Å². The van der Waals surface area contributed by atoms with E-state index < -0.39 is 0 Å². The van der Waals surface area contributed by atoms with Gasteiger partial charge in [0.15, 0.2) is 5.65 Å². The number of aromatic nitrogens is 3. The van der Waals surface area contributed by atoms with E-state index in [1.165, 1.54) is 24.2 Å². The molecule has 1 aliphatic rings. The highest BCUT2D eigenvalue weighted by Gasteiger charge is 2.19. The summed E-state index contributed by atoms with van der Waals surface area (Å²) in [7, 11) is 0. The zero-order chi connectivity index (χ0) is 21.2. The minimum Gasteiger partial charge on any atom is -0.335 e. The molecule has 2 amide bonds. The van der Waals surface area contributed by atoms with Crippen LogP contribution in [0.15, 0.2) is 60.2 Å². The largest absolute Gasteiger partial charge is 0.335 e. The van der Waals surface area contributed by atoms with E-state index in [9.17, 15) is 9.59 Å². The molecule has 0 saturated heterocycles. The van der Waals surface area contributed by atoms with Crippen molar-refractivity contribution >= 4 is 34.5 Å². The van der Waals surface area contributed by atoms with Gasteiger partial charge in [0.2, 0.25) is 5.78 Å². The highest BCUT2D eigenvalue weighted by Crippen LogP contribution is 2.25. The molecule has 31 heavy (non-hydrogen) atoms. The number of ketones is 1. The molecular formula is C23H21N5O2S. The van der Waals surface area contributed by atoms with E-state index in [1.54, 1.807) is 23.0 Å². The molecule has 1 fully saturated rings. The summed E-state index contributed by atoms with van der Waals surface area (Å²) in [6.07, 6.45) is 7.64. The third-order valence-corrected chi connectivity index (χ3v) is 6.37. The second-order valence-electron chi connectivity index (χ2n) is 7.59. The topological polar surface area (TPSA) is 88.4 Å². The van der Waals surface area contributed by atoms with Crippen molar-refractivity contribution in [2.24, 2.45) is 0 Å². The first-order valence-electron chi connectivity index (χ1n) is 10.3. The first kappa shape index (κ1) is 19.4. The van der Waals surface area contributed by atoms with Crippen LogP contribution in [0, 0.1) is 0 Å². The molecule has 1 aliphatic carbocycles. The van der Waals surface area contributed by atoms with Crippen LogP contribution in [0.1, 0.15) is 40.9 Å². The number of amides is 2. The van der Waals surface area contributed by atoms with Crippen molar-refractivity contribution in [3.05, 3.63) is 70.7 Å².